The van der Waals surface area contributed by atoms with Gasteiger partial charge in [-0.1, -0.05) is 12.1 Å². The van der Waals surface area contributed by atoms with E-state index in [-0.39, 0.29) is 18.9 Å². The number of alkyl halides is 1. The average Bonchev–Trinajstić information content (AvgIpc) is 3.18. The lowest BCUT2D eigenvalue weighted by Gasteiger charge is -2.21. The van der Waals surface area contributed by atoms with Crippen molar-refractivity contribution < 1.29 is 13.0 Å². The van der Waals surface area contributed by atoms with Gasteiger partial charge in [-0.2, -0.15) is 0 Å². The first-order valence-corrected chi connectivity index (χ1v) is 9.94. The molecule has 136 valence electrons. The molecule has 0 spiro atoms. The van der Waals surface area contributed by atoms with Crippen LogP contribution in [0, 0.1) is 5.82 Å². The van der Waals surface area contributed by atoms with Gasteiger partial charge in [0.1, 0.15) is 12.0 Å². The van der Waals surface area contributed by atoms with Crippen molar-refractivity contribution in [2.24, 2.45) is 5.73 Å². The second-order valence-corrected chi connectivity index (χ2v) is 8.85. The van der Waals surface area contributed by atoms with Crippen LogP contribution in [0.1, 0.15) is 0 Å². The summed E-state index contributed by atoms with van der Waals surface area (Å²) < 4.78 is 41.6. The quantitative estimate of drug-likeness (QED) is 0.692. The molecule has 26 heavy (non-hydrogen) atoms. The van der Waals surface area contributed by atoms with Crippen LogP contribution in [0.2, 0.25) is 0 Å². The number of nitrogens with zero attached hydrogens (tertiary/aromatic N) is 1. The normalized spacial score (nSPS) is 23.3. The van der Waals surface area contributed by atoms with E-state index >= 15 is 0 Å². The highest BCUT2D eigenvalue weighted by molar-refractivity contribution is 7.98. The lowest BCUT2D eigenvalue weighted by Crippen LogP contribution is -2.32. The molecule has 1 unspecified atom stereocenters. The average molecular weight is 375 g/mol. The predicted octanol–water partition coefficient (Wildman–Crippen LogP) is 2.95. The number of hydrogen-bond donors (Lipinski definition) is 2. The van der Waals surface area contributed by atoms with Gasteiger partial charge in [0.15, 0.2) is 0 Å². The summed E-state index contributed by atoms with van der Waals surface area (Å²) in [6.45, 7) is 0.249. The van der Waals surface area contributed by atoms with Gasteiger partial charge in [-0.3, -0.25) is 0 Å². The molecule has 0 amide bonds. The molecule has 3 atom stereocenters. The standard InChI is InChI=1S/C19H19F2N3OS/c1-26(25,24-10-17(21)18(22)11-24)14-5-2-12(3-6-14)16-9-23-19-8-13(20)4-7-15(16)19/h2-9,17-18,23H,1,10-11,22H2/t17-,18-,26?/m0/s1. The van der Waals surface area contributed by atoms with Crippen LogP contribution in [0.15, 0.2) is 53.6 Å². The van der Waals surface area contributed by atoms with Crippen LogP contribution in [0.25, 0.3) is 22.0 Å². The lowest BCUT2D eigenvalue weighted by molar-refractivity contribution is 0.324. The number of aromatic amines is 1. The summed E-state index contributed by atoms with van der Waals surface area (Å²) >= 11 is 0. The minimum atomic E-state index is -2.78. The van der Waals surface area contributed by atoms with Gasteiger partial charge < -0.3 is 10.7 Å². The maximum Gasteiger partial charge on any atom is 0.130 e. The van der Waals surface area contributed by atoms with Gasteiger partial charge in [0.05, 0.1) is 15.7 Å². The van der Waals surface area contributed by atoms with Gasteiger partial charge in [-0.25, -0.2) is 17.3 Å². The number of hydrogen-bond acceptors (Lipinski definition) is 2. The Kier molecular flexibility index (Phi) is 4.10. The highest BCUT2D eigenvalue weighted by Gasteiger charge is 2.34. The maximum absolute atomic E-state index is 13.7. The van der Waals surface area contributed by atoms with Crippen molar-refractivity contribution in [3.8, 4) is 11.1 Å². The lowest BCUT2D eigenvalue weighted by atomic mass is 10.1. The number of rotatable bonds is 3. The second kappa shape index (κ2) is 6.19. The smallest absolute Gasteiger partial charge is 0.130 e. The Morgan fingerprint density at radius 1 is 1.19 bits per heavy atom. The summed E-state index contributed by atoms with van der Waals surface area (Å²) in [4.78, 5) is 3.59. The molecule has 1 aliphatic rings. The number of halogens is 2. The van der Waals surface area contributed by atoms with Crippen LogP contribution in [0.5, 0.6) is 0 Å². The minimum Gasteiger partial charge on any atom is -0.360 e. The van der Waals surface area contributed by atoms with E-state index in [1.165, 1.54) is 16.4 Å². The molecule has 1 aromatic heterocycles. The summed E-state index contributed by atoms with van der Waals surface area (Å²) in [6, 6.07) is 11.1. The Labute approximate surface area is 150 Å². The van der Waals surface area contributed by atoms with E-state index in [4.69, 9.17) is 5.73 Å². The predicted molar refractivity (Wildman–Crippen MR) is 102 cm³/mol. The Hall–Kier alpha value is -2.22. The molecule has 2 heterocycles. The van der Waals surface area contributed by atoms with Crippen LogP contribution in [-0.4, -0.2) is 44.7 Å². The van der Waals surface area contributed by atoms with Gasteiger partial charge in [0.25, 0.3) is 0 Å². The highest BCUT2D eigenvalue weighted by atomic mass is 32.2. The minimum absolute atomic E-state index is 0.0270. The monoisotopic (exact) mass is 375 g/mol. The number of nitrogens with two attached hydrogens (primary N) is 1. The van der Waals surface area contributed by atoms with E-state index in [0.29, 0.717) is 10.4 Å². The number of H-pyrrole nitrogens is 1. The van der Waals surface area contributed by atoms with Gasteiger partial charge in [0.2, 0.25) is 0 Å². The fourth-order valence-corrected chi connectivity index (χ4v) is 4.98. The maximum atomic E-state index is 13.7. The van der Waals surface area contributed by atoms with Gasteiger partial charge in [-0.05, 0) is 41.8 Å². The van der Waals surface area contributed by atoms with E-state index in [2.05, 4.69) is 10.9 Å². The molecule has 3 N–H and O–H groups in total. The number of fused-ring (bicyclic) bond motifs is 1. The molecule has 1 saturated heterocycles. The molecule has 4 nitrogen and oxygen atoms in total. The van der Waals surface area contributed by atoms with Crippen molar-refractivity contribution in [1.29, 1.82) is 0 Å². The summed E-state index contributed by atoms with van der Waals surface area (Å²) in [6.07, 6.45) is 0.622. The first kappa shape index (κ1) is 17.2. The van der Waals surface area contributed by atoms with Gasteiger partial charge in [0, 0.05) is 40.6 Å². The van der Waals surface area contributed by atoms with Crippen LogP contribution in [-0.2, 0) is 9.71 Å². The fourth-order valence-electron chi connectivity index (χ4n) is 3.33. The zero-order chi connectivity index (χ0) is 18.5. The fraction of sp³-hybridized carbons (Fsp3) is 0.211. The van der Waals surface area contributed by atoms with Crippen molar-refractivity contribution in [2.75, 3.05) is 13.1 Å². The van der Waals surface area contributed by atoms with Crippen LogP contribution < -0.4 is 5.73 Å². The number of benzene rings is 2. The van der Waals surface area contributed by atoms with Crippen molar-refractivity contribution in [2.45, 2.75) is 17.1 Å². The van der Waals surface area contributed by atoms with Crippen LogP contribution >= 0.6 is 0 Å². The summed E-state index contributed by atoms with van der Waals surface area (Å²) in [5.74, 6) is 3.53. The zero-order valence-electron chi connectivity index (χ0n) is 14.0. The summed E-state index contributed by atoms with van der Waals surface area (Å²) in [5, 5.41) is 0.903. The van der Waals surface area contributed by atoms with E-state index in [1.54, 1.807) is 18.2 Å². The van der Waals surface area contributed by atoms with E-state index in [1.807, 2.05) is 18.3 Å². The van der Waals surface area contributed by atoms with E-state index in [9.17, 15) is 13.0 Å². The Bertz CT molecular complexity index is 1050. The molecule has 0 radical (unpaired) electrons. The van der Waals surface area contributed by atoms with Crippen molar-refractivity contribution in [1.82, 2.24) is 9.29 Å². The van der Waals surface area contributed by atoms with Crippen LogP contribution in [0.4, 0.5) is 8.78 Å². The van der Waals surface area contributed by atoms with Crippen LogP contribution in [0.3, 0.4) is 0 Å². The van der Waals surface area contributed by atoms with Crippen molar-refractivity contribution >= 4 is 26.5 Å². The molecule has 2 aromatic carbocycles. The van der Waals surface area contributed by atoms with Gasteiger partial charge >= 0.3 is 0 Å². The molecular formula is C19H19F2N3OS. The second-order valence-electron chi connectivity index (χ2n) is 6.58. The van der Waals surface area contributed by atoms with Gasteiger partial charge in [-0.15, -0.1) is 0 Å². The number of nitrogens with one attached hydrogen (secondary N) is 1. The molecular weight excluding hydrogens is 356 g/mol. The van der Waals surface area contributed by atoms with E-state index < -0.39 is 21.9 Å². The molecule has 1 fully saturated rings. The summed E-state index contributed by atoms with van der Waals surface area (Å²) in [5.41, 5.74) is 8.24. The first-order chi connectivity index (χ1) is 12.4. The highest BCUT2D eigenvalue weighted by Crippen LogP contribution is 2.30. The third-order valence-electron chi connectivity index (χ3n) is 4.85. The number of aromatic nitrogens is 1. The molecule has 1 aliphatic heterocycles. The molecule has 0 bridgehead atoms. The molecule has 3 aromatic rings. The van der Waals surface area contributed by atoms with E-state index in [0.717, 1.165) is 16.5 Å². The van der Waals surface area contributed by atoms with Crippen molar-refractivity contribution in [3.63, 3.8) is 0 Å². The molecule has 7 heteroatoms. The SMILES string of the molecule is C=S(=O)(c1ccc(-c2c[nH]c3cc(F)ccc23)cc1)N1C[C@H](N)[C@@H](F)C1. The third-order valence-corrected chi connectivity index (χ3v) is 6.99. The largest absolute Gasteiger partial charge is 0.360 e. The molecule has 0 aliphatic carbocycles. The third kappa shape index (κ3) is 2.82. The zero-order valence-corrected chi connectivity index (χ0v) is 14.8. The Morgan fingerprint density at radius 2 is 1.92 bits per heavy atom. The first-order valence-electron chi connectivity index (χ1n) is 8.25. The Balaban J connectivity index is 1.66. The topological polar surface area (TPSA) is 62.1 Å². The molecule has 4 rings (SSSR count). The summed E-state index contributed by atoms with van der Waals surface area (Å²) in [7, 11) is -2.78. The Morgan fingerprint density at radius 3 is 2.58 bits per heavy atom. The van der Waals surface area contributed by atoms with Crippen molar-refractivity contribution in [3.05, 3.63) is 54.5 Å². The molecule has 0 saturated carbocycles.